The van der Waals surface area contributed by atoms with E-state index in [0.717, 1.165) is 55.7 Å². The summed E-state index contributed by atoms with van der Waals surface area (Å²) in [6, 6.07) is 4.27. The number of likely N-dealkylation sites (tertiary alicyclic amines) is 1. The number of aliphatic hydroxyl groups is 1. The van der Waals surface area contributed by atoms with Crippen LogP contribution in [0.3, 0.4) is 0 Å². The Morgan fingerprint density at radius 2 is 2.25 bits per heavy atom. The van der Waals surface area contributed by atoms with Crippen molar-refractivity contribution in [3.8, 4) is 0 Å². The van der Waals surface area contributed by atoms with Gasteiger partial charge in [0, 0.05) is 37.8 Å². The molecule has 0 spiro atoms. The zero-order chi connectivity index (χ0) is 16.7. The van der Waals surface area contributed by atoms with Crippen LogP contribution in [0.15, 0.2) is 28.9 Å². The van der Waals surface area contributed by atoms with Crippen molar-refractivity contribution in [3.63, 3.8) is 0 Å². The van der Waals surface area contributed by atoms with E-state index >= 15 is 0 Å². The van der Waals surface area contributed by atoms with Crippen molar-refractivity contribution < 1.29 is 9.52 Å². The summed E-state index contributed by atoms with van der Waals surface area (Å²) in [7, 11) is 1.94. The van der Waals surface area contributed by atoms with E-state index in [1.54, 1.807) is 6.20 Å². The number of hydrogen-bond acceptors (Lipinski definition) is 4. The highest BCUT2D eigenvalue weighted by Crippen LogP contribution is 2.47. The Balaban J connectivity index is 1.38. The standard InChI is InChI=1S/C19H27N3O2/c1-13-10-16(13)17-6-5-15(24-17)12-22-8-3-4-14(11-22)18(23)19-20-7-9-21(19)2/h5-7,9,13-14,16,18,23H,3-4,8,10-12H2,1-2H3. The molecule has 5 nitrogen and oxygen atoms in total. The molecule has 0 radical (unpaired) electrons. The Labute approximate surface area is 143 Å². The molecule has 130 valence electrons. The predicted molar refractivity (Wildman–Crippen MR) is 91.4 cm³/mol. The van der Waals surface area contributed by atoms with Crippen molar-refractivity contribution in [1.29, 1.82) is 0 Å². The fourth-order valence-corrected chi connectivity index (χ4v) is 3.98. The van der Waals surface area contributed by atoms with Crippen molar-refractivity contribution in [3.05, 3.63) is 41.9 Å². The first-order valence-corrected chi connectivity index (χ1v) is 9.08. The van der Waals surface area contributed by atoms with Crippen LogP contribution in [0.5, 0.6) is 0 Å². The van der Waals surface area contributed by atoms with E-state index in [0.29, 0.717) is 5.92 Å². The van der Waals surface area contributed by atoms with Crippen molar-refractivity contribution in [1.82, 2.24) is 14.5 Å². The molecular formula is C19H27N3O2. The SMILES string of the molecule is CC1CC1c1ccc(CN2CCCC(C(O)c3nccn3C)C2)o1. The zero-order valence-corrected chi connectivity index (χ0v) is 14.6. The van der Waals surface area contributed by atoms with Crippen LogP contribution in [0.1, 0.15) is 55.6 Å². The molecule has 0 bridgehead atoms. The lowest BCUT2D eigenvalue weighted by molar-refractivity contribution is 0.0382. The number of rotatable bonds is 5. The van der Waals surface area contributed by atoms with Crippen LogP contribution in [0.2, 0.25) is 0 Å². The fourth-order valence-electron chi connectivity index (χ4n) is 3.98. The Bertz CT molecular complexity index is 692. The van der Waals surface area contributed by atoms with Gasteiger partial charge in [-0.05, 0) is 43.9 Å². The molecule has 4 atom stereocenters. The highest BCUT2D eigenvalue weighted by Gasteiger charge is 2.36. The summed E-state index contributed by atoms with van der Waals surface area (Å²) in [5.41, 5.74) is 0. The van der Waals surface area contributed by atoms with Gasteiger partial charge in [-0.25, -0.2) is 4.98 Å². The summed E-state index contributed by atoms with van der Waals surface area (Å²) < 4.78 is 7.96. The number of hydrogen-bond donors (Lipinski definition) is 1. The summed E-state index contributed by atoms with van der Waals surface area (Å²) in [4.78, 5) is 6.71. The number of aliphatic hydroxyl groups excluding tert-OH is 1. The van der Waals surface area contributed by atoms with Crippen LogP contribution in [-0.2, 0) is 13.6 Å². The fraction of sp³-hybridized carbons (Fsp3) is 0.632. The molecule has 4 rings (SSSR count). The van der Waals surface area contributed by atoms with Gasteiger partial charge < -0.3 is 14.1 Å². The van der Waals surface area contributed by atoms with Crippen LogP contribution in [0.4, 0.5) is 0 Å². The number of furan rings is 1. The molecule has 24 heavy (non-hydrogen) atoms. The first kappa shape index (κ1) is 15.9. The zero-order valence-electron chi connectivity index (χ0n) is 14.6. The Kier molecular flexibility index (Phi) is 4.22. The molecule has 1 saturated carbocycles. The van der Waals surface area contributed by atoms with E-state index in [1.807, 2.05) is 17.8 Å². The first-order chi connectivity index (χ1) is 11.6. The molecule has 2 fully saturated rings. The van der Waals surface area contributed by atoms with Crippen LogP contribution >= 0.6 is 0 Å². The largest absolute Gasteiger partial charge is 0.464 e. The quantitative estimate of drug-likeness (QED) is 0.916. The average molecular weight is 329 g/mol. The van der Waals surface area contributed by atoms with E-state index in [4.69, 9.17) is 4.42 Å². The molecule has 1 aliphatic heterocycles. The maximum Gasteiger partial charge on any atom is 0.137 e. The van der Waals surface area contributed by atoms with Gasteiger partial charge in [0.25, 0.3) is 0 Å². The summed E-state index contributed by atoms with van der Waals surface area (Å²) in [6.45, 7) is 5.08. The molecule has 2 aromatic heterocycles. The lowest BCUT2D eigenvalue weighted by atomic mass is 9.92. The molecule has 1 aliphatic carbocycles. The second kappa shape index (κ2) is 6.37. The van der Waals surface area contributed by atoms with Crippen molar-refractivity contribution in [2.75, 3.05) is 13.1 Å². The van der Waals surface area contributed by atoms with Gasteiger partial charge in [-0.2, -0.15) is 0 Å². The summed E-state index contributed by atoms with van der Waals surface area (Å²) in [5.74, 6) is 4.62. The first-order valence-electron chi connectivity index (χ1n) is 9.08. The maximum absolute atomic E-state index is 10.7. The highest BCUT2D eigenvalue weighted by atomic mass is 16.3. The number of nitrogens with zero attached hydrogens (tertiary/aromatic N) is 3. The molecule has 3 heterocycles. The predicted octanol–water partition coefficient (Wildman–Crippen LogP) is 3.08. The highest BCUT2D eigenvalue weighted by molar-refractivity contribution is 5.17. The minimum atomic E-state index is -0.493. The molecule has 0 aromatic carbocycles. The van der Waals surface area contributed by atoms with Gasteiger partial charge in [-0.1, -0.05) is 6.92 Å². The second-order valence-corrected chi connectivity index (χ2v) is 7.60. The van der Waals surface area contributed by atoms with Crippen molar-refractivity contribution in [2.45, 2.75) is 44.8 Å². The topological polar surface area (TPSA) is 54.4 Å². The van der Waals surface area contributed by atoms with E-state index in [1.165, 1.54) is 6.42 Å². The Morgan fingerprint density at radius 3 is 2.96 bits per heavy atom. The smallest absolute Gasteiger partial charge is 0.137 e. The van der Waals surface area contributed by atoms with Gasteiger partial charge in [0.2, 0.25) is 0 Å². The van der Waals surface area contributed by atoms with Crippen LogP contribution < -0.4 is 0 Å². The minimum absolute atomic E-state index is 0.234. The van der Waals surface area contributed by atoms with Gasteiger partial charge in [0.1, 0.15) is 23.4 Å². The molecule has 5 heteroatoms. The molecule has 1 N–H and O–H groups in total. The van der Waals surface area contributed by atoms with Gasteiger partial charge in [-0.3, -0.25) is 4.90 Å². The van der Waals surface area contributed by atoms with Gasteiger partial charge >= 0.3 is 0 Å². The van der Waals surface area contributed by atoms with E-state index in [9.17, 15) is 5.11 Å². The molecule has 4 unspecified atom stereocenters. The monoisotopic (exact) mass is 329 g/mol. The number of piperidine rings is 1. The van der Waals surface area contributed by atoms with Crippen LogP contribution in [0, 0.1) is 11.8 Å². The minimum Gasteiger partial charge on any atom is -0.464 e. The molecule has 2 aromatic rings. The summed E-state index contributed by atoms with van der Waals surface area (Å²) in [6.07, 6.45) is 6.57. The van der Waals surface area contributed by atoms with Crippen LogP contribution in [-0.4, -0.2) is 32.6 Å². The van der Waals surface area contributed by atoms with Gasteiger partial charge in [-0.15, -0.1) is 0 Å². The summed E-state index contributed by atoms with van der Waals surface area (Å²) in [5, 5.41) is 10.7. The molecule has 1 saturated heterocycles. The Hall–Kier alpha value is -1.59. The second-order valence-electron chi connectivity index (χ2n) is 7.60. The van der Waals surface area contributed by atoms with Crippen molar-refractivity contribution >= 4 is 0 Å². The normalized spacial score (nSPS) is 28.9. The van der Waals surface area contributed by atoms with E-state index < -0.39 is 6.10 Å². The Morgan fingerprint density at radius 1 is 1.42 bits per heavy atom. The third-order valence-electron chi connectivity index (χ3n) is 5.65. The lowest BCUT2D eigenvalue weighted by Gasteiger charge is -2.34. The maximum atomic E-state index is 10.7. The van der Waals surface area contributed by atoms with Gasteiger partial charge in [0.15, 0.2) is 0 Å². The number of aryl methyl sites for hydroxylation is 1. The van der Waals surface area contributed by atoms with E-state index in [2.05, 4.69) is 28.9 Å². The summed E-state index contributed by atoms with van der Waals surface area (Å²) >= 11 is 0. The third kappa shape index (κ3) is 3.15. The molecule has 0 amide bonds. The van der Waals surface area contributed by atoms with E-state index in [-0.39, 0.29) is 5.92 Å². The molecule has 2 aliphatic rings. The number of imidazole rings is 1. The van der Waals surface area contributed by atoms with Crippen LogP contribution in [0.25, 0.3) is 0 Å². The lowest BCUT2D eigenvalue weighted by Crippen LogP contribution is -2.37. The average Bonchev–Trinajstić information content (AvgIpc) is 2.97. The third-order valence-corrected chi connectivity index (χ3v) is 5.65. The van der Waals surface area contributed by atoms with Gasteiger partial charge in [0.05, 0.1) is 6.54 Å². The number of aromatic nitrogens is 2. The van der Waals surface area contributed by atoms with Crippen molar-refractivity contribution in [2.24, 2.45) is 18.9 Å². The molecular weight excluding hydrogens is 302 g/mol.